The molecule has 0 aromatic heterocycles. The van der Waals surface area contributed by atoms with Crippen LogP contribution in [0.4, 0.5) is 0 Å². The van der Waals surface area contributed by atoms with E-state index in [2.05, 4.69) is 10.2 Å². The van der Waals surface area contributed by atoms with E-state index in [1.165, 1.54) is 13.0 Å². The van der Waals surface area contributed by atoms with Crippen LogP contribution in [0.2, 0.25) is 0 Å². The molecule has 0 amide bonds. The molecule has 3 aliphatic heterocycles. The Morgan fingerprint density at radius 2 is 2.00 bits per heavy atom. The predicted molar refractivity (Wildman–Crippen MR) is 52.1 cm³/mol. The summed E-state index contributed by atoms with van der Waals surface area (Å²) in [7, 11) is 0. The van der Waals surface area contributed by atoms with E-state index in [1.54, 1.807) is 0 Å². The van der Waals surface area contributed by atoms with E-state index in [9.17, 15) is 0 Å². The van der Waals surface area contributed by atoms with Gasteiger partial charge in [0.1, 0.15) is 0 Å². The van der Waals surface area contributed by atoms with Gasteiger partial charge in [-0.25, -0.2) is 0 Å². The summed E-state index contributed by atoms with van der Waals surface area (Å²) in [6.45, 7) is 6.00. The molecular formula is C10H18N2O2. The fourth-order valence-electron chi connectivity index (χ4n) is 2.59. The molecule has 0 unspecified atom stereocenters. The van der Waals surface area contributed by atoms with Gasteiger partial charge in [0, 0.05) is 25.6 Å². The van der Waals surface area contributed by atoms with Crippen LogP contribution in [0.1, 0.15) is 12.8 Å². The lowest BCUT2D eigenvalue weighted by Crippen LogP contribution is -2.62. The van der Waals surface area contributed by atoms with E-state index >= 15 is 0 Å². The number of likely N-dealkylation sites (tertiary alicyclic amines) is 1. The highest BCUT2D eigenvalue weighted by Crippen LogP contribution is 2.31. The van der Waals surface area contributed by atoms with Crippen molar-refractivity contribution >= 4 is 0 Å². The maximum Gasteiger partial charge on any atom is 0.181 e. The minimum atomic E-state index is -0.242. The standard InChI is InChI=1S/C10H18N2O2/c1-2-10(13-4-5-14-10)8-12(3-1)9-6-11-7-9/h9,11H,1-8H2. The number of nitrogens with zero attached hydrogens (tertiary/aromatic N) is 1. The van der Waals surface area contributed by atoms with Crippen molar-refractivity contribution in [3.63, 3.8) is 0 Å². The molecule has 0 saturated carbocycles. The molecule has 0 atom stereocenters. The molecule has 3 aliphatic rings. The lowest BCUT2D eigenvalue weighted by Gasteiger charge is -2.45. The van der Waals surface area contributed by atoms with Gasteiger partial charge in [-0.1, -0.05) is 0 Å². The van der Waals surface area contributed by atoms with Gasteiger partial charge < -0.3 is 14.8 Å². The first kappa shape index (κ1) is 9.09. The normalized spacial score (nSPS) is 33.4. The van der Waals surface area contributed by atoms with E-state index in [0.717, 1.165) is 45.3 Å². The van der Waals surface area contributed by atoms with Crippen molar-refractivity contribution in [2.24, 2.45) is 0 Å². The van der Waals surface area contributed by atoms with Crippen LogP contribution in [0.3, 0.4) is 0 Å². The fourth-order valence-corrected chi connectivity index (χ4v) is 2.59. The Morgan fingerprint density at radius 3 is 2.64 bits per heavy atom. The number of piperidine rings is 1. The molecule has 4 nitrogen and oxygen atoms in total. The van der Waals surface area contributed by atoms with Gasteiger partial charge >= 0.3 is 0 Å². The monoisotopic (exact) mass is 198 g/mol. The third-order valence-corrected chi connectivity index (χ3v) is 3.54. The average Bonchev–Trinajstić information content (AvgIpc) is 2.50. The average molecular weight is 198 g/mol. The van der Waals surface area contributed by atoms with Gasteiger partial charge in [0.05, 0.1) is 19.8 Å². The Bertz CT molecular complexity index is 212. The molecule has 0 aromatic rings. The maximum atomic E-state index is 5.75. The zero-order valence-electron chi connectivity index (χ0n) is 8.50. The Kier molecular flexibility index (Phi) is 2.24. The highest BCUT2D eigenvalue weighted by molar-refractivity contribution is 4.91. The van der Waals surface area contributed by atoms with Crippen LogP contribution < -0.4 is 5.32 Å². The van der Waals surface area contributed by atoms with E-state index in [0.29, 0.717) is 0 Å². The smallest absolute Gasteiger partial charge is 0.181 e. The summed E-state index contributed by atoms with van der Waals surface area (Å²) in [6, 6.07) is 0.722. The minimum absolute atomic E-state index is 0.242. The molecule has 80 valence electrons. The summed E-state index contributed by atoms with van der Waals surface area (Å²) in [6.07, 6.45) is 2.28. The highest BCUT2D eigenvalue weighted by atomic mass is 16.7. The molecule has 0 aliphatic carbocycles. The van der Waals surface area contributed by atoms with Crippen molar-refractivity contribution < 1.29 is 9.47 Å². The second-order valence-electron chi connectivity index (χ2n) is 4.49. The van der Waals surface area contributed by atoms with Crippen LogP contribution in [0.5, 0.6) is 0 Å². The van der Waals surface area contributed by atoms with Gasteiger partial charge in [-0.05, 0) is 13.0 Å². The van der Waals surface area contributed by atoms with Crippen LogP contribution in [0.25, 0.3) is 0 Å². The van der Waals surface area contributed by atoms with Crippen molar-refractivity contribution in [1.82, 2.24) is 10.2 Å². The summed E-state index contributed by atoms with van der Waals surface area (Å²) in [4.78, 5) is 2.52. The van der Waals surface area contributed by atoms with E-state index in [4.69, 9.17) is 9.47 Å². The second kappa shape index (κ2) is 3.45. The lowest BCUT2D eigenvalue weighted by atomic mass is 10.0. The molecule has 0 radical (unpaired) electrons. The molecular weight excluding hydrogens is 180 g/mol. The second-order valence-corrected chi connectivity index (χ2v) is 4.49. The van der Waals surface area contributed by atoms with E-state index < -0.39 is 0 Å². The first-order valence-corrected chi connectivity index (χ1v) is 5.61. The van der Waals surface area contributed by atoms with Crippen molar-refractivity contribution in [3.05, 3.63) is 0 Å². The fraction of sp³-hybridized carbons (Fsp3) is 1.00. The number of hydrogen-bond donors (Lipinski definition) is 1. The van der Waals surface area contributed by atoms with Crippen LogP contribution in [0.15, 0.2) is 0 Å². The van der Waals surface area contributed by atoms with Crippen LogP contribution in [0, 0.1) is 0 Å². The van der Waals surface area contributed by atoms with E-state index in [-0.39, 0.29) is 5.79 Å². The van der Waals surface area contributed by atoms with Gasteiger partial charge in [-0.3, -0.25) is 4.90 Å². The summed E-state index contributed by atoms with van der Waals surface area (Å²) < 4.78 is 11.5. The highest BCUT2D eigenvalue weighted by Gasteiger charge is 2.43. The Hall–Kier alpha value is -0.160. The zero-order chi connectivity index (χ0) is 9.43. The SMILES string of the molecule is C1CN(C2CNC2)CC2(C1)OCCO2. The van der Waals surface area contributed by atoms with Crippen LogP contribution in [-0.2, 0) is 9.47 Å². The van der Waals surface area contributed by atoms with Gasteiger partial charge in [0.25, 0.3) is 0 Å². The molecule has 0 bridgehead atoms. The largest absolute Gasteiger partial charge is 0.346 e. The quantitative estimate of drug-likeness (QED) is 0.632. The summed E-state index contributed by atoms with van der Waals surface area (Å²) in [5.41, 5.74) is 0. The van der Waals surface area contributed by atoms with E-state index in [1.807, 2.05) is 0 Å². The molecule has 3 heterocycles. The van der Waals surface area contributed by atoms with Crippen molar-refractivity contribution in [3.8, 4) is 0 Å². The first-order valence-electron chi connectivity index (χ1n) is 5.61. The van der Waals surface area contributed by atoms with Crippen molar-refractivity contribution in [1.29, 1.82) is 0 Å². The van der Waals surface area contributed by atoms with Gasteiger partial charge in [0.15, 0.2) is 5.79 Å². The number of hydrogen-bond acceptors (Lipinski definition) is 4. The van der Waals surface area contributed by atoms with Gasteiger partial charge in [-0.15, -0.1) is 0 Å². The Morgan fingerprint density at radius 1 is 1.21 bits per heavy atom. The van der Waals surface area contributed by atoms with Crippen molar-refractivity contribution in [2.45, 2.75) is 24.7 Å². The molecule has 1 N–H and O–H groups in total. The summed E-state index contributed by atoms with van der Waals surface area (Å²) in [5.74, 6) is -0.242. The molecule has 3 rings (SSSR count). The lowest BCUT2D eigenvalue weighted by molar-refractivity contribution is -0.195. The number of nitrogens with one attached hydrogen (secondary N) is 1. The van der Waals surface area contributed by atoms with Crippen LogP contribution in [-0.4, -0.2) is 56.1 Å². The molecule has 1 spiro atoms. The van der Waals surface area contributed by atoms with Gasteiger partial charge in [0.2, 0.25) is 0 Å². The molecule has 3 fully saturated rings. The van der Waals surface area contributed by atoms with Crippen molar-refractivity contribution in [2.75, 3.05) is 39.4 Å². The topological polar surface area (TPSA) is 33.7 Å². The number of rotatable bonds is 1. The summed E-state index contributed by atoms with van der Waals surface area (Å²) >= 11 is 0. The third kappa shape index (κ3) is 1.46. The third-order valence-electron chi connectivity index (χ3n) is 3.54. The first-order chi connectivity index (χ1) is 6.88. The number of ether oxygens (including phenoxy) is 2. The molecule has 4 heteroatoms. The molecule has 3 saturated heterocycles. The maximum absolute atomic E-state index is 5.75. The van der Waals surface area contributed by atoms with Gasteiger partial charge in [-0.2, -0.15) is 0 Å². The molecule has 0 aromatic carbocycles. The Balaban J connectivity index is 1.65. The van der Waals surface area contributed by atoms with Crippen LogP contribution >= 0.6 is 0 Å². The Labute approximate surface area is 84.5 Å². The zero-order valence-corrected chi connectivity index (χ0v) is 8.50. The minimum Gasteiger partial charge on any atom is -0.346 e. The summed E-state index contributed by atoms with van der Waals surface area (Å²) in [5, 5.41) is 3.31. The molecule has 14 heavy (non-hydrogen) atoms. The predicted octanol–water partition coefficient (Wildman–Crippen LogP) is -0.203.